The van der Waals surface area contributed by atoms with Crippen LogP contribution in [0.25, 0.3) is 0 Å². The molecule has 1 fully saturated rings. The zero-order valence-electron chi connectivity index (χ0n) is 17.2. The number of nitrogens with one attached hydrogen (secondary N) is 1. The number of nitrogens with zero attached hydrogens (tertiary/aromatic N) is 2. The van der Waals surface area contributed by atoms with Crippen LogP contribution in [0.3, 0.4) is 0 Å². The largest absolute Gasteiger partial charge is 0.457 e. The molecule has 2 aromatic carbocycles. The molecule has 0 spiro atoms. The predicted molar refractivity (Wildman–Crippen MR) is 116 cm³/mol. The standard InChI is InChI=1S/C23H23N3O5/c1-16-5-4-6-19(11-16)30-21-13-17(12-18(14-21)26(28)29)24-23(27)22-8-7-20(31-22)15-25-9-2-3-10-25/h4-8,11-14H,2-3,9-10,15H2,1H3,(H,24,27). The van der Waals surface area contributed by atoms with E-state index in [0.717, 1.165) is 24.4 Å². The molecule has 8 heteroatoms. The van der Waals surface area contributed by atoms with Crippen LogP contribution in [0.1, 0.15) is 34.7 Å². The Balaban J connectivity index is 1.50. The normalized spacial score (nSPS) is 13.8. The Bertz CT molecular complexity index is 1100. The fourth-order valence-corrected chi connectivity index (χ4v) is 3.57. The number of furan rings is 1. The molecule has 160 valence electrons. The summed E-state index contributed by atoms with van der Waals surface area (Å²) in [5.74, 6) is 1.20. The maximum absolute atomic E-state index is 12.6. The van der Waals surface area contributed by atoms with E-state index in [1.165, 1.54) is 25.0 Å². The van der Waals surface area contributed by atoms with Crippen molar-refractivity contribution < 1.29 is 18.9 Å². The number of hydrogen-bond acceptors (Lipinski definition) is 6. The minimum Gasteiger partial charge on any atom is -0.457 e. The Morgan fingerprint density at radius 2 is 1.94 bits per heavy atom. The third-order valence-corrected chi connectivity index (χ3v) is 5.05. The van der Waals surface area contributed by atoms with E-state index < -0.39 is 10.8 Å². The minimum atomic E-state index is -0.528. The van der Waals surface area contributed by atoms with Crippen LogP contribution in [0, 0.1) is 17.0 Å². The van der Waals surface area contributed by atoms with Gasteiger partial charge in [-0.3, -0.25) is 19.8 Å². The third-order valence-electron chi connectivity index (χ3n) is 5.05. The molecule has 8 nitrogen and oxygen atoms in total. The van der Waals surface area contributed by atoms with E-state index in [4.69, 9.17) is 9.15 Å². The van der Waals surface area contributed by atoms with E-state index in [1.807, 2.05) is 25.1 Å². The minimum absolute atomic E-state index is 0.154. The molecule has 0 bridgehead atoms. The van der Waals surface area contributed by atoms with Gasteiger partial charge in [0.2, 0.25) is 0 Å². The highest BCUT2D eigenvalue weighted by atomic mass is 16.6. The molecule has 1 aliphatic rings. The number of carbonyl (C=O) groups is 1. The molecule has 0 radical (unpaired) electrons. The molecule has 4 rings (SSSR count). The van der Waals surface area contributed by atoms with Crippen LogP contribution in [0.5, 0.6) is 11.5 Å². The molecular formula is C23H23N3O5. The van der Waals surface area contributed by atoms with Crippen LogP contribution >= 0.6 is 0 Å². The van der Waals surface area contributed by atoms with E-state index in [2.05, 4.69) is 10.2 Å². The van der Waals surface area contributed by atoms with Gasteiger partial charge < -0.3 is 14.5 Å². The second-order valence-electron chi connectivity index (χ2n) is 7.59. The summed E-state index contributed by atoms with van der Waals surface area (Å²) in [6, 6.07) is 14.9. The lowest BCUT2D eigenvalue weighted by molar-refractivity contribution is -0.384. The highest BCUT2D eigenvalue weighted by Crippen LogP contribution is 2.30. The molecule has 0 aliphatic carbocycles. The first-order valence-corrected chi connectivity index (χ1v) is 10.1. The van der Waals surface area contributed by atoms with Crippen LogP contribution < -0.4 is 10.1 Å². The summed E-state index contributed by atoms with van der Waals surface area (Å²) in [5.41, 5.74) is 1.06. The van der Waals surface area contributed by atoms with Gasteiger partial charge in [0.1, 0.15) is 17.3 Å². The summed E-state index contributed by atoms with van der Waals surface area (Å²) >= 11 is 0. The number of likely N-dealkylation sites (tertiary alicyclic amines) is 1. The second-order valence-corrected chi connectivity index (χ2v) is 7.59. The van der Waals surface area contributed by atoms with Gasteiger partial charge in [-0.05, 0) is 62.7 Å². The number of nitro groups is 1. The van der Waals surface area contributed by atoms with Crippen molar-refractivity contribution in [3.63, 3.8) is 0 Å². The molecule has 1 aromatic heterocycles. The van der Waals surface area contributed by atoms with E-state index >= 15 is 0 Å². The number of carbonyl (C=O) groups excluding carboxylic acids is 1. The molecule has 3 aromatic rings. The van der Waals surface area contributed by atoms with Crippen LogP contribution in [0.4, 0.5) is 11.4 Å². The molecule has 0 atom stereocenters. The number of aryl methyl sites for hydroxylation is 1. The van der Waals surface area contributed by atoms with Crippen molar-refractivity contribution in [1.29, 1.82) is 0 Å². The van der Waals surface area contributed by atoms with Gasteiger partial charge in [-0.1, -0.05) is 12.1 Å². The number of amides is 1. The lowest BCUT2D eigenvalue weighted by atomic mass is 10.2. The molecule has 1 amide bonds. The maximum atomic E-state index is 12.6. The van der Waals surface area contributed by atoms with Crippen molar-refractivity contribution in [3.05, 3.63) is 81.8 Å². The van der Waals surface area contributed by atoms with Crippen LogP contribution in [0.15, 0.2) is 59.0 Å². The van der Waals surface area contributed by atoms with Crippen molar-refractivity contribution in [3.8, 4) is 11.5 Å². The van der Waals surface area contributed by atoms with Gasteiger partial charge in [0.25, 0.3) is 11.6 Å². The quantitative estimate of drug-likeness (QED) is 0.419. The first-order chi connectivity index (χ1) is 15.0. The van der Waals surface area contributed by atoms with Gasteiger partial charge in [-0.25, -0.2) is 0 Å². The van der Waals surface area contributed by atoms with Crippen molar-refractivity contribution >= 4 is 17.3 Å². The fraction of sp³-hybridized carbons (Fsp3) is 0.261. The zero-order chi connectivity index (χ0) is 21.8. The van der Waals surface area contributed by atoms with E-state index in [-0.39, 0.29) is 22.9 Å². The van der Waals surface area contributed by atoms with E-state index in [9.17, 15) is 14.9 Å². The number of non-ortho nitro benzene ring substituents is 1. The van der Waals surface area contributed by atoms with E-state index in [1.54, 1.807) is 24.3 Å². The molecule has 1 aliphatic heterocycles. The lowest BCUT2D eigenvalue weighted by Gasteiger charge is -2.11. The average molecular weight is 421 g/mol. The van der Waals surface area contributed by atoms with Crippen molar-refractivity contribution in [1.82, 2.24) is 4.90 Å². The highest BCUT2D eigenvalue weighted by molar-refractivity contribution is 6.02. The first-order valence-electron chi connectivity index (χ1n) is 10.1. The number of rotatable bonds is 7. The second kappa shape index (κ2) is 9.01. The Hall–Kier alpha value is -3.65. The number of ether oxygens (including phenoxy) is 1. The molecule has 0 saturated carbocycles. The topological polar surface area (TPSA) is 97.8 Å². The Kier molecular flexibility index (Phi) is 5.99. The number of anilines is 1. The van der Waals surface area contributed by atoms with Crippen molar-refractivity contribution in [2.75, 3.05) is 18.4 Å². The van der Waals surface area contributed by atoms with Gasteiger partial charge >= 0.3 is 0 Å². The fourth-order valence-electron chi connectivity index (χ4n) is 3.57. The van der Waals surface area contributed by atoms with Crippen molar-refractivity contribution in [2.24, 2.45) is 0 Å². The van der Waals surface area contributed by atoms with E-state index in [0.29, 0.717) is 12.3 Å². The molecule has 1 saturated heterocycles. The monoisotopic (exact) mass is 421 g/mol. The maximum Gasteiger partial charge on any atom is 0.291 e. The molecule has 2 heterocycles. The van der Waals surface area contributed by atoms with Gasteiger partial charge in [-0.2, -0.15) is 0 Å². The number of benzene rings is 2. The number of hydrogen-bond donors (Lipinski definition) is 1. The third kappa shape index (κ3) is 5.29. The lowest BCUT2D eigenvalue weighted by Crippen LogP contribution is -2.18. The Morgan fingerprint density at radius 3 is 2.68 bits per heavy atom. The van der Waals surface area contributed by atoms with Gasteiger partial charge in [0.05, 0.1) is 23.2 Å². The van der Waals surface area contributed by atoms with Crippen molar-refractivity contribution in [2.45, 2.75) is 26.3 Å². The molecule has 1 N–H and O–H groups in total. The summed E-state index contributed by atoms with van der Waals surface area (Å²) in [5, 5.41) is 14.0. The molecule has 31 heavy (non-hydrogen) atoms. The summed E-state index contributed by atoms with van der Waals surface area (Å²) in [4.78, 5) is 25.7. The Morgan fingerprint density at radius 1 is 1.13 bits per heavy atom. The van der Waals surface area contributed by atoms with Crippen LogP contribution in [-0.2, 0) is 6.54 Å². The Labute approximate surface area is 179 Å². The summed E-state index contributed by atoms with van der Waals surface area (Å²) in [6.45, 7) is 4.64. The van der Waals surface area contributed by atoms with Crippen LogP contribution in [-0.4, -0.2) is 28.8 Å². The highest BCUT2D eigenvalue weighted by Gasteiger charge is 2.18. The SMILES string of the molecule is Cc1cccc(Oc2cc(NC(=O)c3ccc(CN4CCCC4)o3)cc([N+](=O)[O-])c2)c1. The smallest absolute Gasteiger partial charge is 0.291 e. The van der Waals surface area contributed by atoms with Gasteiger partial charge in [0, 0.05) is 12.1 Å². The molecular weight excluding hydrogens is 398 g/mol. The average Bonchev–Trinajstić information content (AvgIpc) is 3.40. The van der Waals surface area contributed by atoms with Gasteiger partial charge in [0.15, 0.2) is 5.76 Å². The number of nitro benzene ring substituents is 1. The van der Waals surface area contributed by atoms with Crippen LogP contribution in [0.2, 0.25) is 0 Å². The summed E-state index contributed by atoms with van der Waals surface area (Å²) < 4.78 is 11.4. The summed E-state index contributed by atoms with van der Waals surface area (Å²) in [7, 11) is 0. The molecule has 0 unspecified atom stereocenters. The van der Waals surface area contributed by atoms with Gasteiger partial charge in [-0.15, -0.1) is 0 Å². The first kappa shape index (κ1) is 20.6. The predicted octanol–water partition coefficient (Wildman–Crippen LogP) is 5.14. The zero-order valence-corrected chi connectivity index (χ0v) is 17.2. The summed E-state index contributed by atoms with van der Waals surface area (Å²) in [6.07, 6.45) is 2.35.